The van der Waals surface area contributed by atoms with Crippen LogP contribution in [0.1, 0.15) is 33.2 Å². The first-order valence-corrected chi connectivity index (χ1v) is 12.0. The molecule has 0 aliphatic heterocycles. The molecule has 0 bridgehead atoms. The molecule has 0 radical (unpaired) electrons. The van der Waals surface area contributed by atoms with E-state index in [0.717, 1.165) is 35.2 Å². The highest BCUT2D eigenvalue weighted by molar-refractivity contribution is 6.34. The van der Waals surface area contributed by atoms with Crippen LogP contribution >= 0.6 is 11.6 Å². The van der Waals surface area contributed by atoms with Crippen LogP contribution in [-0.2, 0) is 5.67 Å². The average Bonchev–Trinajstić information content (AvgIpc) is 2.89. The average molecular weight is 649 g/mol. The number of alkyl halides is 9. The van der Waals surface area contributed by atoms with E-state index in [4.69, 9.17) is 11.6 Å². The Hall–Kier alpha value is -4.08. The molecular formula is C26H16ClF11N2O3. The van der Waals surface area contributed by atoms with E-state index in [-0.39, 0.29) is 12.6 Å². The highest BCUT2D eigenvalue weighted by Crippen LogP contribution is 2.55. The van der Waals surface area contributed by atoms with Gasteiger partial charge in [-0.25, -0.2) is 13.2 Å². The predicted octanol–water partition coefficient (Wildman–Crippen LogP) is 8.43. The first-order valence-electron chi connectivity index (χ1n) is 11.6. The Labute approximate surface area is 239 Å². The summed E-state index contributed by atoms with van der Waals surface area (Å²) in [5, 5.41) is 0.413. The lowest BCUT2D eigenvalue weighted by Gasteiger charge is -2.31. The Morgan fingerprint density at radius 3 is 2.02 bits per heavy atom. The van der Waals surface area contributed by atoms with Crippen molar-refractivity contribution < 1.29 is 62.6 Å². The summed E-state index contributed by atoms with van der Waals surface area (Å²) in [5.41, 5.74) is -11.5. The van der Waals surface area contributed by atoms with Gasteiger partial charge in [0, 0.05) is 12.1 Å². The number of amides is 2. The summed E-state index contributed by atoms with van der Waals surface area (Å²) in [7, 11) is 0. The molecule has 0 aliphatic rings. The number of halogens is 12. The minimum atomic E-state index is -6.64. The van der Waals surface area contributed by atoms with Crippen molar-refractivity contribution in [2.45, 2.75) is 31.6 Å². The van der Waals surface area contributed by atoms with Crippen molar-refractivity contribution in [2.24, 2.45) is 0 Å². The minimum absolute atomic E-state index is 0.227. The molecule has 0 aliphatic carbocycles. The number of anilines is 2. The van der Waals surface area contributed by atoms with Crippen LogP contribution in [0.15, 0.2) is 54.6 Å². The molecule has 2 amide bonds. The molecule has 0 heterocycles. The zero-order chi connectivity index (χ0) is 32.5. The Kier molecular flexibility index (Phi) is 9.53. The fraction of sp³-hybridized carbons (Fsp3) is 0.231. The van der Waals surface area contributed by atoms with Gasteiger partial charge < -0.3 is 15.0 Å². The molecule has 43 heavy (non-hydrogen) atoms. The normalized spacial score (nSPS) is 12.3. The van der Waals surface area contributed by atoms with Gasteiger partial charge in [-0.05, 0) is 43.3 Å². The van der Waals surface area contributed by atoms with Gasteiger partial charge in [0.1, 0.15) is 11.5 Å². The second-order valence-electron chi connectivity index (χ2n) is 8.49. The third-order valence-corrected chi connectivity index (χ3v) is 6.17. The van der Waals surface area contributed by atoms with Gasteiger partial charge in [-0.1, -0.05) is 29.8 Å². The molecule has 3 aromatic carbocycles. The molecule has 0 saturated heterocycles. The lowest BCUT2D eigenvalue weighted by Crippen LogP contribution is -2.50. The predicted molar refractivity (Wildman–Crippen MR) is 131 cm³/mol. The van der Waals surface area contributed by atoms with Gasteiger partial charge in [0.05, 0.1) is 21.8 Å². The van der Waals surface area contributed by atoms with Crippen molar-refractivity contribution in [3.05, 3.63) is 87.9 Å². The molecule has 232 valence electrons. The Balaban J connectivity index is 2.08. The smallest absolute Gasteiger partial charge is 0.433 e. The summed E-state index contributed by atoms with van der Waals surface area (Å²) >= 11 is 5.70. The third-order valence-electron chi connectivity index (χ3n) is 5.87. The summed E-state index contributed by atoms with van der Waals surface area (Å²) in [6.07, 6.45) is -13.3. The monoisotopic (exact) mass is 648 g/mol. The molecular weight excluding hydrogens is 633 g/mol. The van der Waals surface area contributed by atoms with Crippen LogP contribution in [0.3, 0.4) is 0 Å². The van der Waals surface area contributed by atoms with Gasteiger partial charge in [-0.2, -0.15) is 35.1 Å². The second kappa shape index (κ2) is 12.3. The maximum absolute atomic E-state index is 15.5. The highest BCUT2D eigenvalue weighted by atomic mass is 35.5. The number of carbonyl (C=O) groups excluding carboxylic acids is 2. The molecule has 1 N–H and O–H groups in total. The summed E-state index contributed by atoms with van der Waals surface area (Å²) in [6.45, 7) is -2.79. The summed E-state index contributed by atoms with van der Waals surface area (Å²) < 4.78 is 154. The van der Waals surface area contributed by atoms with Crippen molar-refractivity contribution in [3.8, 4) is 5.75 Å². The van der Waals surface area contributed by atoms with E-state index in [1.54, 1.807) is 5.32 Å². The van der Waals surface area contributed by atoms with E-state index in [0.29, 0.717) is 0 Å². The maximum Gasteiger partial charge on any atom is 0.435 e. The molecule has 5 nitrogen and oxygen atoms in total. The molecule has 0 unspecified atom stereocenters. The highest BCUT2D eigenvalue weighted by Gasteiger charge is 2.73. The first-order chi connectivity index (χ1) is 19.8. The quantitative estimate of drug-likeness (QED) is 0.250. The lowest BCUT2D eigenvalue weighted by atomic mass is 9.93. The van der Waals surface area contributed by atoms with E-state index in [1.165, 1.54) is 19.1 Å². The van der Waals surface area contributed by atoms with Crippen molar-refractivity contribution in [1.82, 2.24) is 0 Å². The van der Waals surface area contributed by atoms with Gasteiger partial charge >= 0.3 is 24.6 Å². The molecule has 0 aromatic heterocycles. The topological polar surface area (TPSA) is 58.6 Å². The standard InChI is InChI=1S/C26H16ClF11N2O3/c1-2-40(22(42)13-6-3-4-8-16(13)28)17-9-5-7-14(19(17)29)21(41)39-20-15(27)10-12(11-18(20)43-23(30)31)24(32,25(33,34)35)26(36,37)38/h3-11,23H,2H2,1H3,(H,39,41). The van der Waals surface area contributed by atoms with Gasteiger partial charge in [-0.15, -0.1) is 0 Å². The zero-order valence-corrected chi connectivity index (χ0v) is 21.9. The lowest BCUT2D eigenvalue weighted by molar-refractivity contribution is -0.348. The Bertz CT molecular complexity index is 1510. The fourth-order valence-corrected chi connectivity index (χ4v) is 4.12. The van der Waals surface area contributed by atoms with Crippen LogP contribution in [0.25, 0.3) is 0 Å². The van der Waals surface area contributed by atoms with Crippen molar-refractivity contribution in [1.29, 1.82) is 0 Å². The van der Waals surface area contributed by atoms with E-state index in [2.05, 4.69) is 4.74 Å². The fourth-order valence-electron chi connectivity index (χ4n) is 3.87. The molecule has 0 fully saturated rings. The molecule has 0 spiro atoms. The van der Waals surface area contributed by atoms with E-state index in [9.17, 15) is 53.5 Å². The summed E-state index contributed by atoms with van der Waals surface area (Å²) in [4.78, 5) is 26.6. The van der Waals surface area contributed by atoms with Crippen molar-refractivity contribution in [3.63, 3.8) is 0 Å². The maximum atomic E-state index is 15.5. The number of hydrogen-bond donors (Lipinski definition) is 1. The van der Waals surface area contributed by atoms with Crippen LogP contribution < -0.4 is 15.0 Å². The van der Waals surface area contributed by atoms with Crippen LogP contribution in [0.5, 0.6) is 5.75 Å². The van der Waals surface area contributed by atoms with Gasteiger partial charge in [0.2, 0.25) is 0 Å². The number of ether oxygens (including phenoxy) is 1. The van der Waals surface area contributed by atoms with Gasteiger partial charge in [-0.3, -0.25) is 9.59 Å². The molecule has 3 aromatic rings. The van der Waals surface area contributed by atoms with Gasteiger partial charge in [0.15, 0.2) is 11.6 Å². The number of nitrogens with zero attached hydrogens (tertiary/aromatic N) is 1. The number of rotatable bonds is 8. The van der Waals surface area contributed by atoms with Crippen LogP contribution in [0.2, 0.25) is 5.02 Å². The Morgan fingerprint density at radius 2 is 1.49 bits per heavy atom. The molecule has 0 saturated carbocycles. The molecule has 17 heteroatoms. The second-order valence-corrected chi connectivity index (χ2v) is 8.89. The number of benzene rings is 3. The third kappa shape index (κ3) is 6.48. The number of hydrogen-bond acceptors (Lipinski definition) is 3. The van der Waals surface area contributed by atoms with Gasteiger partial charge in [0.25, 0.3) is 11.8 Å². The van der Waals surface area contributed by atoms with Crippen LogP contribution in [0.4, 0.5) is 59.7 Å². The largest absolute Gasteiger partial charge is 0.435 e. The number of carbonyl (C=O) groups is 2. The van der Waals surface area contributed by atoms with E-state index in [1.807, 2.05) is 0 Å². The van der Waals surface area contributed by atoms with Crippen LogP contribution in [-0.4, -0.2) is 37.3 Å². The van der Waals surface area contributed by atoms with Crippen LogP contribution in [0, 0.1) is 11.6 Å². The molecule has 3 rings (SSSR count). The SMILES string of the molecule is CCN(C(=O)c1ccccc1F)c1cccc(C(=O)Nc2c(Cl)cc(C(F)(C(F)(F)F)C(F)(F)F)cc2OC(F)F)c1F. The minimum Gasteiger partial charge on any atom is -0.433 e. The van der Waals surface area contributed by atoms with Crippen molar-refractivity contribution in [2.75, 3.05) is 16.8 Å². The summed E-state index contributed by atoms with van der Waals surface area (Å²) in [5.74, 6) is -6.57. The summed E-state index contributed by atoms with van der Waals surface area (Å²) in [6, 6.07) is 6.95. The Morgan fingerprint density at radius 1 is 0.907 bits per heavy atom. The van der Waals surface area contributed by atoms with Crippen molar-refractivity contribution >= 4 is 34.8 Å². The van der Waals surface area contributed by atoms with E-state index >= 15 is 4.39 Å². The molecule has 0 atom stereocenters. The van der Waals surface area contributed by atoms with E-state index < -0.39 is 93.0 Å². The number of nitrogens with one attached hydrogen (secondary N) is 1. The first kappa shape index (κ1) is 33.4. The zero-order valence-electron chi connectivity index (χ0n) is 21.2.